The van der Waals surface area contributed by atoms with E-state index in [1.54, 1.807) is 20.8 Å². The molecule has 0 atom stereocenters. The molecule has 0 saturated carbocycles. The highest BCUT2D eigenvalue weighted by atomic mass is 16.6. The van der Waals surface area contributed by atoms with E-state index in [2.05, 4.69) is 10.3 Å². The molecule has 0 aliphatic heterocycles. The van der Waals surface area contributed by atoms with Crippen LogP contribution in [0.3, 0.4) is 0 Å². The monoisotopic (exact) mass is 234 g/mol. The van der Waals surface area contributed by atoms with E-state index in [1.165, 1.54) is 12.3 Å². The fraction of sp³-hybridized carbons (Fsp3) is 0.364. The maximum atomic E-state index is 11.4. The van der Waals surface area contributed by atoms with Gasteiger partial charge >= 0.3 is 6.09 Å². The van der Waals surface area contributed by atoms with Gasteiger partial charge in [-0.15, -0.1) is 0 Å². The fourth-order valence-corrected chi connectivity index (χ4v) is 1.05. The van der Waals surface area contributed by atoms with E-state index in [0.717, 1.165) is 0 Å². The molecule has 3 N–H and O–H groups in total. The Morgan fingerprint density at radius 2 is 2.24 bits per heavy atom. The molecule has 0 aliphatic rings. The van der Waals surface area contributed by atoms with Crippen LogP contribution in [-0.4, -0.2) is 16.7 Å². The summed E-state index contributed by atoms with van der Waals surface area (Å²) in [5.74, 6) is 0.127. The van der Waals surface area contributed by atoms with Gasteiger partial charge in [-0.1, -0.05) is 0 Å². The number of nitrogens with two attached hydrogens (primary N) is 1. The third-order valence-corrected chi connectivity index (χ3v) is 1.68. The molecule has 0 unspecified atom stereocenters. The van der Waals surface area contributed by atoms with Crippen molar-refractivity contribution in [3.8, 4) is 6.07 Å². The topological polar surface area (TPSA) is 101 Å². The molecule has 0 aliphatic carbocycles. The zero-order valence-corrected chi connectivity index (χ0v) is 9.94. The van der Waals surface area contributed by atoms with E-state index >= 15 is 0 Å². The van der Waals surface area contributed by atoms with Crippen molar-refractivity contribution in [3.63, 3.8) is 0 Å². The molecule has 1 aromatic heterocycles. The molecule has 0 spiro atoms. The predicted molar refractivity (Wildman–Crippen MR) is 63.2 cm³/mol. The smallest absolute Gasteiger partial charge is 0.412 e. The first-order chi connectivity index (χ1) is 7.81. The lowest BCUT2D eigenvalue weighted by Gasteiger charge is -2.19. The first kappa shape index (κ1) is 12.8. The van der Waals surface area contributed by atoms with E-state index in [1.807, 2.05) is 6.07 Å². The van der Waals surface area contributed by atoms with Crippen LogP contribution in [0.1, 0.15) is 26.3 Å². The first-order valence-electron chi connectivity index (χ1n) is 4.97. The number of carbonyl (C=O) groups excluding carboxylic acids is 1. The third-order valence-electron chi connectivity index (χ3n) is 1.68. The standard InChI is InChI=1S/C11H14N4O2/c1-11(2,3)17-10(16)15-8-4-7(5-12)9(13)14-6-8/h4,6H,1-3H3,(H2,13,14)(H,15,16). The number of nitrogen functional groups attached to an aromatic ring is 1. The van der Waals surface area contributed by atoms with Crippen LogP contribution in [-0.2, 0) is 4.74 Å². The normalized spacial score (nSPS) is 10.5. The van der Waals surface area contributed by atoms with Gasteiger partial charge in [0.1, 0.15) is 17.5 Å². The van der Waals surface area contributed by atoms with Crippen LogP contribution in [0.2, 0.25) is 0 Å². The summed E-state index contributed by atoms with van der Waals surface area (Å²) in [5.41, 5.74) is 5.45. The van der Waals surface area contributed by atoms with Gasteiger partial charge in [0.25, 0.3) is 0 Å². The maximum absolute atomic E-state index is 11.4. The molecule has 0 fully saturated rings. The molecule has 17 heavy (non-hydrogen) atoms. The van der Waals surface area contributed by atoms with E-state index in [-0.39, 0.29) is 11.4 Å². The molecule has 1 heterocycles. The lowest BCUT2D eigenvalue weighted by molar-refractivity contribution is 0.0636. The Labute approximate surface area is 99.4 Å². The van der Waals surface area contributed by atoms with Crippen molar-refractivity contribution in [2.45, 2.75) is 26.4 Å². The lowest BCUT2D eigenvalue weighted by atomic mass is 10.2. The fourth-order valence-electron chi connectivity index (χ4n) is 1.05. The number of anilines is 2. The second-order valence-electron chi connectivity index (χ2n) is 4.40. The van der Waals surface area contributed by atoms with Crippen molar-refractivity contribution in [2.24, 2.45) is 0 Å². The Morgan fingerprint density at radius 1 is 1.59 bits per heavy atom. The van der Waals surface area contributed by atoms with Crippen molar-refractivity contribution < 1.29 is 9.53 Å². The number of ether oxygens (including phenoxy) is 1. The van der Waals surface area contributed by atoms with Crippen molar-refractivity contribution in [1.29, 1.82) is 5.26 Å². The van der Waals surface area contributed by atoms with Gasteiger partial charge < -0.3 is 10.5 Å². The highest BCUT2D eigenvalue weighted by Crippen LogP contribution is 2.15. The molecule has 0 saturated heterocycles. The molecule has 6 nitrogen and oxygen atoms in total. The molecule has 6 heteroatoms. The van der Waals surface area contributed by atoms with E-state index in [9.17, 15) is 4.79 Å². The molecular formula is C11H14N4O2. The van der Waals surface area contributed by atoms with Crippen LogP contribution in [0.15, 0.2) is 12.3 Å². The minimum absolute atomic E-state index is 0.127. The summed E-state index contributed by atoms with van der Waals surface area (Å²) in [6, 6.07) is 3.31. The van der Waals surface area contributed by atoms with E-state index in [4.69, 9.17) is 15.7 Å². The molecular weight excluding hydrogens is 220 g/mol. The Kier molecular flexibility index (Phi) is 3.53. The predicted octanol–water partition coefficient (Wildman–Crippen LogP) is 1.88. The summed E-state index contributed by atoms with van der Waals surface area (Å²) in [7, 11) is 0. The Hall–Kier alpha value is -2.29. The summed E-state index contributed by atoms with van der Waals surface area (Å²) in [6.45, 7) is 5.28. The summed E-state index contributed by atoms with van der Waals surface area (Å²) in [5, 5.41) is 11.2. The average molecular weight is 234 g/mol. The van der Waals surface area contributed by atoms with Crippen LogP contribution in [0, 0.1) is 11.3 Å². The molecule has 90 valence electrons. The summed E-state index contributed by atoms with van der Waals surface area (Å²) in [6.07, 6.45) is 0.757. The number of rotatable bonds is 1. The zero-order valence-electron chi connectivity index (χ0n) is 9.94. The van der Waals surface area contributed by atoms with Gasteiger partial charge in [0.15, 0.2) is 0 Å². The van der Waals surface area contributed by atoms with Crippen molar-refractivity contribution in [2.75, 3.05) is 11.1 Å². The van der Waals surface area contributed by atoms with Crippen molar-refractivity contribution >= 4 is 17.6 Å². The van der Waals surface area contributed by atoms with Crippen LogP contribution < -0.4 is 11.1 Å². The number of nitrogens with zero attached hydrogens (tertiary/aromatic N) is 2. The second-order valence-corrected chi connectivity index (χ2v) is 4.40. The van der Waals surface area contributed by atoms with Gasteiger partial charge in [0.2, 0.25) is 0 Å². The number of hydrogen-bond acceptors (Lipinski definition) is 5. The first-order valence-corrected chi connectivity index (χ1v) is 4.97. The second kappa shape index (κ2) is 4.70. The number of amides is 1. The minimum Gasteiger partial charge on any atom is -0.444 e. The van der Waals surface area contributed by atoms with Crippen LogP contribution in [0.5, 0.6) is 0 Å². The molecule has 1 aromatic rings. The summed E-state index contributed by atoms with van der Waals surface area (Å²) >= 11 is 0. The summed E-state index contributed by atoms with van der Waals surface area (Å²) in [4.78, 5) is 15.2. The van der Waals surface area contributed by atoms with Gasteiger partial charge in [-0.3, -0.25) is 5.32 Å². The van der Waals surface area contributed by atoms with Gasteiger partial charge in [0, 0.05) is 0 Å². The zero-order chi connectivity index (χ0) is 13.1. The maximum Gasteiger partial charge on any atom is 0.412 e. The molecule has 1 amide bonds. The van der Waals surface area contributed by atoms with Crippen molar-refractivity contribution in [3.05, 3.63) is 17.8 Å². The third kappa shape index (κ3) is 3.99. The lowest BCUT2D eigenvalue weighted by Crippen LogP contribution is -2.27. The number of nitrogens with one attached hydrogen (secondary N) is 1. The van der Waals surface area contributed by atoms with Crippen LogP contribution in [0.25, 0.3) is 0 Å². The Balaban J connectivity index is 2.77. The number of hydrogen-bond donors (Lipinski definition) is 2. The molecule has 0 aromatic carbocycles. The van der Waals surface area contributed by atoms with Gasteiger partial charge in [-0.2, -0.15) is 5.26 Å². The number of pyridine rings is 1. The Bertz CT molecular complexity index is 471. The highest BCUT2D eigenvalue weighted by molar-refractivity contribution is 5.85. The van der Waals surface area contributed by atoms with Crippen LogP contribution in [0.4, 0.5) is 16.3 Å². The molecule has 0 radical (unpaired) electrons. The number of carbonyl (C=O) groups is 1. The van der Waals surface area contributed by atoms with Crippen molar-refractivity contribution in [1.82, 2.24) is 4.98 Å². The van der Waals surface area contributed by atoms with Gasteiger partial charge in [0.05, 0.1) is 17.4 Å². The SMILES string of the molecule is CC(C)(C)OC(=O)Nc1cnc(N)c(C#N)c1. The molecule has 1 rings (SSSR count). The average Bonchev–Trinajstić information content (AvgIpc) is 2.18. The summed E-state index contributed by atoms with van der Waals surface area (Å²) < 4.78 is 5.05. The van der Waals surface area contributed by atoms with E-state index < -0.39 is 11.7 Å². The number of nitriles is 1. The van der Waals surface area contributed by atoms with Crippen LogP contribution >= 0.6 is 0 Å². The van der Waals surface area contributed by atoms with E-state index in [0.29, 0.717) is 5.69 Å². The highest BCUT2D eigenvalue weighted by Gasteiger charge is 2.16. The Morgan fingerprint density at radius 3 is 2.76 bits per heavy atom. The van der Waals surface area contributed by atoms with Gasteiger partial charge in [-0.05, 0) is 26.8 Å². The molecule has 0 bridgehead atoms. The largest absolute Gasteiger partial charge is 0.444 e. The minimum atomic E-state index is -0.604. The van der Waals surface area contributed by atoms with Gasteiger partial charge in [-0.25, -0.2) is 9.78 Å². The number of aromatic nitrogens is 1. The quantitative estimate of drug-likeness (QED) is 0.772.